The van der Waals surface area contributed by atoms with Crippen LogP contribution < -0.4 is 0 Å². The molecular weight excluding hydrogens is 176 g/mol. The second-order valence-corrected chi connectivity index (χ2v) is 3.58. The SMILES string of the molecule is CC1CCC(C=O)=C(Cl)C1C=O. The van der Waals surface area contributed by atoms with Crippen molar-refractivity contribution >= 4 is 24.2 Å². The molecule has 0 amide bonds. The van der Waals surface area contributed by atoms with Crippen molar-refractivity contribution in [2.75, 3.05) is 0 Å². The Bertz CT molecular complexity index is 233. The van der Waals surface area contributed by atoms with Gasteiger partial charge in [-0.1, -0.05) is 18.5 Å². The average molecular weight is 187 g/mol. The van der Waals surface area contributed by atoms with Crippen molar-refractivity contribution in [2.45, 2.75) is 19.8 Å². The average Bonchev–Trinajstić information content (AvgIpc) is 2.06. The molecule has 1 aliphatic rings. The number of halogens is 1. The summed E-state index contributed by atoms with van der Waals surface area (Å²) in [6.07, 6.45) is 3.15. The van der Waals surface area contributed by atoms with Crippen LogP contribution in [0.1, 0.15) is 19.8 Å². The van der Waals surface area contributed by atoms with Crippen LogP contribution in [-0.2, 0) is 9.59 Å². The Balaban J connectivity index is 2.95. The molecule has 12 heavy (non-hydrogen) atoms. The highest BCUT2D eigenvalue weighted by molar-refractivity contribution is 6.32. The minimum absolute atomic E-state index is 0.263. The summed E-state index contributed by atoms with van der Waals surface area (Å²) in [7, 11) is 0. The number of hydrogen-bond donors (Lipinski definition) is 0. The molecule has 0 bridgehead atoms. The van der Waals surface area contributed by atoms with Crippen LogP contribution >= 0.6 is 11.6 Å². The molecule has 3 heteroatoms. The largest absolute Gasteiger partial charge is 0.303 e. The minimum atomic E-state index is -0.263. The Morgan fingerprint density at radius 2 is 2.17 bits per heavy atom. The molecule has 0 aromatic rings. The van der Waals surface area contributed by atoms with Crippen molar-refractivity contribution in [2.24, 2.45) is 11.8 Å². The van der Waals surface area contributed by atoms with Gasteiger partial charge in [-0.3, -0.25) is 4.79 Å². The lowest BCUT2D eigenvalue weighted by atomic mass is 9.83. The smallest absolute Gasteiger partial charge is 0.147 e. The second kappa shape index (κ2) is 3.85. The Kier molecular flexibility index (Phi) is 3.04. The van der Waals surface area contributed by atoms with Crippen LogP contribution in [0.25, 0.3) is 0 Å². The van der Waals surface area contributed by atoms with E-state index < -0.39 is 0 Å². The Labute approximate surface area is 76.6 Å². The summed E-state index contributed by atoms with van der Waals surface area (Å²) in [4.78, 5) is 21.1. The zero-order chi connectivity index (χ0) is 9.14. The topological polar surface area (TPSA) is 34.1 Å². The highest BCUT2D eigenvalue weighted by Crippen LogP contribution is 2.34. The van der Waals surface area contributed by atoms with Gasteiger partial charge in [-0.2, -0.15) is 0 Å². The van der Waals surface area contributed by atoms with E-state index in [9.17, 15) is 9.59 Å². The third-order valence-electron chi connectivity index (χ3n) is 2.37. The summed E-state index contributed by atoms with van der Waals surface area (Å²) < 4.78 is 0. The van der Waals surface area contributed by atoms with E-state index in [4.69, 9.17) is 11.6 Å². The summed E-state index contributed by atoms with van der Waals surface area (Å²) in [6.45, 7) is 1.98. The first-order valence-corrected chi connectivity index (χ1v) is 4.37. The minimum Gasteiger partial charge on any atom is -0.303 e. The summed E-state index contributed by atoms with van der Waals surface area (Å²) in [6, 6.07) is 0. The quantitative estimate of drug-likeness (QED) is 0.618. The molecule has 2 nitrogen and oxygen atoms in total. The Hall–Kier alpha value is -0.630. The van der Waals surface area contributed by atoms with Crippen LogP contribution in [0, 0.1) is 11.8 Å². The first-order chi connectivity index (χ1) is 5.70. The van der Waals surface area contributed by atoms with Crippen molar-refractivity contribution in [3.05, 3.63) is 10.6 Å². The molecule has 2 unspecified atom stereocenters. The van der Waals surface area contributed by atoms with E-state index in [1.807, 2.05) is 6.92 Å². The molecule has 0 spiro atoms. The van der Waals surface area contributed by atoms with Gasteiger partial charge in [0.25, 0.3) is 0 Å². The number of carbonyl (C=O) groups excluding carboxylic acids is 2. The van der Waals surface area contributed by atoms with Crippen molar-refractivity contribution < 1.29 is 9.59 Å². The highest BCUT2D eigenvalue weighted by Gasteiger charge is 2.26. The molecule has 0 fully saturated rings. The van der Waals surface area contributed by atoms with Gasteiger partial charge in [0.1, 0.15) is 12.6 Å². The summed E-state index contributed by atoms with van der Waals surface area (Å²) in [5.74, 6) is -0.000633. The van der Waals surface area contributed by atoms with Crippen LogP contribution in [-0.4, -0.2) is 12.6 Å². The standard InChI is InChI=1S/C9H11ClO2/c1-6-2-3-7(4-11)9(10)8(6)5-12/h4-6,8H,2-3H2,1H3. The van der Waals surface area contributed by atoms with E-state index in [2.05, 4.69) is 0 Å². The van der Waals surface area contributed by atoms with Crippen LogP contribution in [0.15, 0.2) is 10.6 Å². The lowest BCUT2D eigenvalue weighted by molar-refractivity contribution is -0.111. The number of aldehydes is 2. The fraction of sp³-hybridized carbons (Fsp3) is 0.556. The number of allylic oxidation sites excluding steroid dienone is 2. The van der Waals surface area contributed by atoms with Gasteiger partial charge in [-0.25, -0.2) is 0 Å². The molecule has 66 valence electrons. The van der Waals surface area contributed by atoms with E-state index >= 15 is 0 Å². The van der Waals surface area contributed by atoms with Crippen molar-refractivity contribution in [3.8, 4) is 0 Å². The first-order valence-electron chi connectivity index (χ1n) is 3.99. The molecule has 0 aliphatic heterocycles. The van der Waals surface area contributed by atoms with Crippen LogP contribution in [0.5, 0.6) is 0 Å². The van der Waals surface area contributed by atoms with Gasteiger partial charge in [0, 0.05) is 10.6 Å². The van der Waals surface area contributed by atoms with Crippen molar-refractivity contribution in [1.82, 2.24) is 0 Å². The molecule has 0 radical (unpaired) electrons. The molecule has 1 rings (SSSR count). The zero-order valence-corrected chi connectivity index (χ0v) is 7.67. The zero-order valence-electron chi connectivity index (χ0n) is 6.92. The lowest BCUT2D eigenvalue weighted by Gasteiger charge is -2.24. The van der Waals surface area contributed by atoms with E-state index in [1.165, 1.54) is 0 Å². The van der Waals surface area contributed by atoms with Gasteiger partial charge in [0.05, 0.1) is 5.92 Å². The van der Waals surface area contributed by atoms with E-state index in [-0.39, 0.29) is 11.8 Å². The number of carbonyl (C=O) groups is 2. The predicted octanol–water partition coefficient (Wildman–Crippen LogP) is 1.92. The molecule has 0 saturated carbocycles. The molecule has 0 N–H and O–H groups in total. The van der Waals surface area contributed by atoms with E-state index in [0.29, 0.717) is 17.0 Å². The second-order valence-electron chi connectivity index (χ2n) is 3.17. The number of rotatable bonds is 2. The fourth-order valence-electron chi connectivity index (χ4n) is 1.46. The summed E-state index contributed by atoms with van der Waals surface area (Å²) in [5, 5.41) is 0.443. The van der Waals surface area contributed by atoms with E-state index in [0.717, 1.165) is 19.0 Å². The first kappa shape index (κ1) is 9.46. The Morgan fingerprint density at radius 1 is 1.50 bits per heavy atom. The normalized spacial score (nSPS) is 30.2. The van der Waals surface area contributed by atoms with Gasteiger partial charge in [-0.05, 0) is 18.8 Å². The summed E-state index contributed by atoms with van der Waals surface area (Å²) >= 11 is 5.86. The van der Waals surface area contributed by atoms with Crippen LogP contribution in [0.3, 0.4) is 0 Å². The summed E-state index contributed by atoms with van der Waals surface area (Å²) in [5.41, 5.74) is 0.590. The molecular formula is C9H11ClO2. The maximum atomic E-state index is 10.6. The van der Waals surface area contributed by atoms with Gasteiger partial charge >= 0.3 is 0 Å². The maximum Gasteiger partial charge on any atom is 0.147 e. The van der Waals surface area contributed by atoms with Gasteiger partial charge in [0.2, 0.25) is 0 Å². The van der Waals surface area contributed by atoms with Crippen molar-refractivity contribution in [3.63, 3.8) is 0 Å². The molecule has 2 atom stereocenters. The van der Waals surface area contributed by atoms with Gasteiger partial charge in [-0.15, -0.1) is 0 Å². The van der Waals surface area contributed by atoms with Crippen molar-refractivity contribution in [1.29, 1.82) is 0 Å². The van der Waals surface area contributed by atoms with E-state index in [1.54, 1.807) is 0 Å². The van der Waals surface area contributed by atoms with Gasteiger partial charge in [0.15, 0.2) is 0 Å². The number of hydrogen-bond acceptors (Lipinski definition) is 2. The van der Waals surface area contributed by atoms with Crippen LogP contribution in [0.2, 0.25) is 0 Å². The molecule has 0 aromatic carbocycles. The third-order valence-corrected chi connectivity index (χ3v) is 2.87. The molecule has 0 heterocycles. The fourth-order valence-corrected chi connectivity index (χ4v) is 1.86. The monoisotopic (exact) mass is 186 g/mol. The highest BCUT2D eigenvalue weighted by atomic mass is 35.5. The van der Waals surface area contributed by atoms with Gasteiger partial charge < -0.3 is 4.79 Å². The predicted molar refractivity (Wildman–Crippen MR) is 46.9 cm³/mol. The Morgan fingerprint density at radius 3 is 2.67 bits per heavy atom. The molecule has 0 saturated heterocycles. The molecule has 1 aliphatic carbocycles. The van der Waals surface area contributed by atoms with Crippen LogP contribution in [0.4, 0.5) is 0 Å². The maximum absolute atomic E-state index is 10.6. The third kappa shape index (κ3) is 1.58. The lowest BCUT2D eigenvalue weighted by Crippen LogP contribution is -2.20. The molecule has 0 aromatic heterocycles.